The van der Waals surface area contributed by atoms with Crippen molar-refractivity contribution in [3.05, 3.63) is 34.4 Å². The number of halogens is 1. The van der Waals surface area contributed by atoms with Crippen LogP contribution in [0.5, 0.6) is 0 Å². The molecule has 1 aliphatic rings. The summed E-state index contributed by atoms with van der Waals surface area (Å²) in [6.45, 7) is 0. The predicted octanol–water partition coefficient (Wildman–Crippen LogP) is 3.58. The van der Waals surface area contributed by atoms with E-state index in [2.05, 4.69) is 26.1 Å². The van der Waals surface area contributed by atoms with E-state index in [0.29, 0.717) is 11.7 Å². The maximum atomic E-state index is 5.93. The van der Waals surface area contributed by atoms with Crippen LogP contribution in [0.1, 0.15) is 30.5 Å². The first-order valence-electron chi connectivity index (χ1n) is 5.72. The topological polar surface area (TPSA) is 64.9 Å². The lowest BCUT2D eigenvalue weighted by Crippen LogP contribution is -1.90. The number of nitrogens with zero attached hydrogens (tertiary/aromatic N) is 2. The third-order valence-corrected chi connectivity index (χ3v) is 4.32. The number of thioether (sulfide) groups is 1. The molecule has 1 saturated carbocycles. The summed E-state index contributed by atoms with van der Waals surface area (Å²) in [6, 6.07) is 5.87. The van der Waals surface area contributed by atoms with Crippen molar-refractivity contribution in [2.24, 2.45) is 0 Å². The highest BCUT2D eigenvalue weighted by molar-refractivity contribution is 9.10. The standard InChI is InChI=1S/C12H12BrN3OS/c13-8-3-4-10(9(14)5-8)18-6-11-15-12(17-16-11)7-1-2-7/h3-5,7H,1-2,6,14H2. The van der Waals surface area contributed by atoms with Crippen LogP contribution in [-0.4, -0.2) is 10.1 Å². The van der Waals surface area contributed by atoms with Crippen molar-refractivity contribution < 1.29 is 4.52 Å². The van der Waals surface area contributed by atoms with E-state index in [1.165, 1.54) is 12.8 Å². The van der Waals surface area contributed by atoms with E-state index in [-0.39, 0.29) is 0 Å². The zero-order valence-electron chi connectivity index (χ0n) is 9.60. The molecule has 18 heavy (non-hydrogen) atoms. The molecular formula is C12H12BrN3OS. The summed E-state index contributed by atoms with van der Waals surface area (Å²) in [5.74, 6) is 2.72. The molecule has 0 spiro atoms. The molecule has 0 bridgehead atoms. The lowest BCUT2D eigenvalue weighted by atomic mass is 10.3. The van der Waals surface area contributed by atoms with Gasteiger partial charge in [-0.3, -0.25) is 0 Å². The largest absolute Gasteiger partial charge is 0.398 e. The first-order chi connectivity index (χ1) is 8.72. The monoisotopic (exact) mass is 325 g/mol. The minimum Gasteiger partial charge on any atom is -0.398 e. The Bertz CT molecular complexity index is 568. The molecule has 0 unspecified atom stereocenters. The van der Waals surface area contributed by atoms with Crippen molar-refractivity contribution in [3.63, 3.8) is 0 Å². The Labute approximate surface area is 117 Å². The number of aromatic nitrogens is 2. The molecule has 94 valence electrons. The molecule has 0 amide bonds. The lowest BCUT2D eigenvalue weighted by molar-refractivity contribution is 0.375. The molecular weight excluding hydrogens is 314 g/mol. The van der Waals surface area contributed by atoms with Gasteiger partial charge in [-0.05, 0) is 31.0 Å². The van der Waals surface area contributed by atoms with E-state index >= 15 is 0 Å². The van der Waals surface area contributed by atoms with Crippen LogP contribution in [0.15, 0.2) is 32.1 Å². The second-order valence-corrected chi connectivity index (χ2v) is 6.23. The van der Waals surface area contributed by atoms with Crippen LogP contribution in [0.2, 0.25) is 0 Å². The molecule has 2 N–H and O–H groups in total. The number of benzene rings is 1. The normalized spacial score (nSPS) is 14.9. The van der Waals surface area contributed by atoms with Gasteiger partial charge in [0.05, 0.1) is 5.75 Å². The number of nitrogen functional groups attached to an aromatic ring is 1. The van der Waals surface area contributed by atoms with Crippen molar-refractivity contribution in [3.8, 4) is 0 Å². The van der Waals surface area contributed by atoms with Gasteiger partial charge in [-0.1, -0.05) is 21.1 Å². The molecule has 0 atom stereocenters. The number of hydrogen-bond donors (Lipinski definition) is 1. The Morgan fingerprint density at radius 3 is 3.00 bits per heavy atom. The van der Waals surface area contributed by atoms with Gasteiger partial charge in [0.1, 0.15) is 0 Å². The maximum absolute atomic E-state index is 5.93. The lowest BCUT2D eigenvalue weighted by Gasteiger charge is -2.03. The quantitative estimate of drug-likeness (QED) is 0.687. The predicted molar refractivity (Wildman–Crippen MR) is 74.4 cm³/mol. The van der Waals surface area contributed by atoms with Crippen LogP contribution >= 0.6 is 27.7 Å². The summed E-state index contributed by atoms with van der Waals surface area (Å²) in [4.78, 5) is 5.42. The van der Waals surface area contributed by atoms with Crippen molar-refractivity contribution >= 4 is 33.4 Å². The van der Waals surface area contributed by atoms with Gasteiger partial charge in [-0.15, -0.1) is 11.8 Å². The molecule has 1 aliphatic carbocycles. The van der Waals surface area contributed by atoms with Crippen LogP contribution in [0, 0.1) is 0 Å². The Morgan fingerprint density at radius 1 is 1.44 bits per heavy atom. The van der Waals surface area contributed by atoms with Crippen LogP contribution in [0.25, 0.3) is 0 Å². The van der Waals surface area contributed by atoms with Crippen molar-refractivity contribution in [2.75, 3.05) is 5.73 Å². The number of hydrogen-bond acceptors (Lipinski definition) is 5. The Morgan fingerprint density at radius 2 is 2.28 bits per heavy atom. The molecule has 1 fully saturated rings. The van der Waals surface area contributed by atoms with E-state index < -0.39 is 0 Å². The van der Waals surface area contributed by atoms with Crippen LogP contribution in [0.3, 0.4) is 0 Å². The highest BCUT2D eigenvalue weighted by Gasteiger charge is 2.29. The smallest absolute Gasteiger partial charge is 0.229 e. The molecule has 4 nitrogen and oxygen atoms in total. The van der Waals surface area contributed by atoms with E-state index in [0.717, 1.165) is 26.8 Å². The first kappa shape index (κ1) is 12.0. The van der Waals surface area contributed by atoms with Gasteiger partial charge in [0.25, 0.3) is 0 Å². The second kappa shape index (κ2) is 4.93. The third-order valence-electron chi connectivity index (χ3n) is 2.74. The number of nitrogens with two attached hydrogens (primary N) is 1. The fourth-order valence-electron chi connectivity index (χ4n) is 1.62. The molecule has 6 heteroatoms. The summed E-state index contributed by atoms with van der Waals surface area (Å²) < 4.78 is 6.20. The molecule has 1 heterocycles. The average molecular weight is 326 g/mol. The zero-order valence-corrected chi connectivity index (χ0v) is 12.0. The molecule has 0 aliphatic heterocycles. The first-order valence-corrected chi connectivity index (χ1v) is 7.50. The van der Waals surface area contributed by atoms with E-state index in [1.54, 1.807) is 11.8 Å². The van der Waals surface area contributed by atoms with Gasteiger partial charge in [-0.25, -0.2) is 0 Å². The molecule has 0 saturated heterocycles. The van der Waals surface area contributed by atoms with Crippen LogP contribution in [-0.2, 0) is 5.75 Å². The third kappa shape index (κ3) is 2.70. The van der Waals surface area contributed by atoms with Gasteiger partial charge in [0, 0.05) is 21.0 Å². The Hall–Kier alpha value is -1.01. The maximum Gasteiger partial charge on any atom is 0.229 e. The second-order valence-electron chi connectivity index (χ2n) is 4.29. The molecule has 2 aromatic rings. The van der Waals surface area contributed by atoms with Gasteiger partial charge >= 0.3 is 0 Å². The summed E-state index contributed by atoms with van der Waals surface area (Å²) in [5.41, 5.74) is 6.70. The molecule has 1 aromatic carbocycles. The molecule has 0 radical (unpaired) electrons. The Kier molecular flexibility index (Phi) is 3.30. The number of rotatable bonds is 4. The zero-order chi connectivity index (χ0) is 12.5. The highest BCUT2D eigenvalue weighted by atomic mass is 79.9. The molecule has 1 aromatic heterocycles. The van der Waals surface area contributed by atoms with E-state index in [1.807, 2.05) is 18.2 Å². The van der Waals surface area contributed by atoms with Gasteiger partial charge in [-0.2, -0.15) is 4.98 Å². The highest BCUT2D eigenvalue weighted by Crippen LogP contribution is 2.39. The van der Waals surface area contributed by atoms with Gasteiger partial charge in [0.15, 0.2) is 5.82 Å². The van der Waals surface area contributed by atoms with Crippen molar-refractivity contribution in [1.29, 1.82) is 0 Å². The summed E-state index contributed by atoms with van der Waals surface area (Å²) in [6.07, 6.45) is 2.35. The SMILES string of the molecule is Nc1cc(Br)ccc1SCc1noc(C2CC2)n1. The molecule has 3 rings (SSSR count). The summed E-state index contributed by atoms with van der Waals surface area (Å²) in [7, 11) is 0. The summed E-state index contributed by atoms with van der Waals surface area (Å²) in [5, 5.41) is 3.98. The number of anilines is 1. The van der Waals surface area contributed by atoms with Crippen LogP contribution in [0.4, 0.5) is 5.69 Å². The Balaban J connectivity index is 1.65. The minimum atomic E-state index is 0.508. The van der Waals surface area contributed by atoms with Crippen LogP contribution < -0.4 is 5.73 Å². The average Bonchev–Trinajstić information content (AvgIpc) is 3.08. The van der Waals surface area contributed by atoms with E-state index in [4.69, 9.17) is 10.3 Å². The fourth-order valence-corrected chi connectivity index (χ4v) is 2.79. The van der Waals surface area contributed by atoms with E-state index in [9.17, 15) is 0 Å². The van der Waals surface area contributed by atoms with Crippen molar-refractivity contribution in [1.82, 2.24) is 10.1 Å². The van der Waals surface area contributed by atoms with Crippen molar-refractivity contribution in [2.45, 2.75) is 29.4 Å². The summed E-state index contributed by atoms with van der Waals surface area (Å²) >= 11 is 5.01. The van der Waals surface area contributed by atoms with Gasteiger partial charge in [0.2, 0.25) is 5.89 Å². The fraction of sp³-hybridized carbons (Fsp3) is 0.333. The van der Waals surface area contributed by atoms with Gasteiger partial charge < -0.3 is 10.3 Å². The minimum absolute atomic E-state index is 0.508.